The molecule has 2 atom stereocenters. The number of sulfonamides is 1. The van der Waals surface area contributed by atoms with Gasteiger partial charge in [-0.3, -0.25) is 0 Å². The molecule has 1 saturated carbocycles. The monoisotopic (exact) mass is 519 g/mol. The first-order chi connectivity index (χ1) is 16.6. The summed E-state index contributed by atoms with van der Waals surface area (Å²) < 4.78 is 111. The molecule has 2 aromatic heterocycles. The molecule has 1 N–H and O–H groups in total. The zero-order chi connectivity index (χ0) is 25.1. The van der Waals surface area contributed by atoms with Crippen LogP contribution in [0.4, 0.5) is 32.3 Å². The van der Waals surface area contributed by atoms with E-state index >= 15 is 0 Å². The van der Waals surface area contributed by atoms with Crippen LogP contribution in [-0.2, 0) is 10.0 Å². The smallest absolute Gasteiger partial charge is 0.266 e. The predicted molar refractivity (Wildman–Crippen MR) is 114 cm³/mol. The Balaban J connectivity index is 1.44. The number of piperidine rings is 1. The number of nitrogens with one attached hydrogen (secondary N) is 1. The molecule has 1 aromatic carbocycles. The number of aromatic nitrogens is 3. The van der Waals surface area contributed by atoms with Crippen LogP contribution in [0, 0.1) is 17.5 Å². The van der Waals surface area contributed by atoms with E-state index in [0.717, 1.165) is 21.1 Å². The summed E-state index contributed by atoms with van der Waals surface area (Å²) in [7, 11) is -3.53. The number of rotatable bonds is 6. The Morgan fingerprint density at radius 2 is 1.83 bits per heavy atom. The van der Waals surface area contributed by atoms with Gasteiger partial charge in [0.15, 0.2) is 5.82 Å². The Bertz CT molecular complexity index is 1390. The summed E-state index contributed by atoms with van der Waals surface area (Å²) >= 11 is 0. The maximum atomic E-state index is 14.8. The lowest BCUT2D eigenvalue weighted by molar-refractivity contribution is 0.146. The maximum absolute atomic E-state index is 14.8. The summed E-state index contributed by atoms with van der Waals surface area (Å²) in [5, 5.41) is 6.25. The number of nitrogens with zero attached hydrogens (tertiary/aromatic N) is 4. The number of fused-ring (bicyclic) bond motifs is 1. The number of hydrogen-bond acceptors (Lipinski definition) is 5. The molecule has 0 amide bonds. The highest BCUT2D eigenvalue weighted by Crippen LogP contribution is 2.35. The van der Waals surface area contributed by atoms with Crippen LogP contribution in [0.3, 0.4) is 0 Å². The van der Waals surface area contributed by atoms with Gasteiger partial charge in [0, 0.05) is 19.2 Å². The van der Waals surface area contributed by atoms with Gasteiger partial charge in [0.1, 0.15) is 23.3 Å². The lowest BCUT2D eigenvalue weighted by Crippen LogP contribution is -2.50. The van der Waals surface area contributed by atoms with Gasteiger partial charge < -0.3 is 5.32 Å². The zero-order valence-electron chi connectivity index (χ0n) is 17.9. The molecule has 7 nitrogen and oxygen atoms in total. The molecule has 2 aliphatic rings. The summed E-state index contributed by atoms with van der Waals surface area (Å²) in [5.74, 6) is -3.92. The Labute approximate surface area is 195 Å². The van der Waals surface area contributed by atoms with Crippen LogP contribution < -0.4 is 5.32 Å². The van der Waals surface area contributed by atoms with Gasteiger partial charge in [-0.2, -0.15) is 4.31 Å². The van der Waals surface area contributed by atoms with Crippen molar-refractivity contribution < 1.29 is 34.8 Å². The van der Waals surface area contributed by atoms with Crippen molar-refractivity contribution in [2.24, 2.45) is 0 Å². The second-order valence-electron chi connectivity index (χ2n) is 8.54. The van der Waals surface area contributed by atoms with Crippen LogP contribution in [0.25, 0.3) is 16.8 Å². The Morgan fingerprint density at radius 3 is 2.49 bits per heavy atom. The third kappa shape index (κ3) is 4.22. The van der Waals surface area contributed by atoms with Crippen LogP contribution >= 0.6 is 0 Å². The molecule has 14 heteroatoms. The van der Waals surface area contributed by atoms with Crippen LogP contribution in [0.1, 0.15) is 31.3 Å². The van der Waals surface area contributed by atoms with Gasteiger partial charge in [0.05, 0.1) is 34.3 Å². The van der Waals surface area contributed by atoms with E-state index in [1.807, 2.05) is 0 Å². The van der Waals surface area contributed by atoms with Crippen molar-refractivity contribution >= 4 is 21.5 Å². The molecule has 0 radical (unpaired) electrons. The highest BCUT2D eigenvalue weighted by Gasteiger charge is 2.43. The largest absolute Gasteiger partial charge is 0.347 e. The van der Waals surface area contributed by atoms with Crippen LogP contribution in [-0.4, -0.2) is 57.9 Å². The first-order valence-electron chi connectivity index (χ1n) is 10.8. The van der Waals surface area contributed by atoms with E-state index in [9.17, 15) is 34.8 Å². The number of anilines is 1. The van der Waals surface area contributed by atoms with Gasteiger partial charge in [0.2, 0.25) is 16.0 Å². The van der Waals surface area contributed by atoms with Gasteiger partial charge >= 0.3 is 0 Å². The second-order valence-corrected chi connectivity index (χ2v) is 10.8. The Morgan fingerprint density at radius 1 is 1.09 bits per heavy atom. The van der Waals surface area contributed by atoms with E-state index in [1.54, 1.807) is 0 Å². The molecule has 2 fully saturated rings. The summed E-state index contributed by atoms with van der Waals surface area (Å²) in [6.07, 6.45) is -2.61. The fourth-order valence-corrected chi connectivity index (χ4v) is 6.05. The van der Waals surface area contributed by atoms with E-state index in [-0.39, 0.29) is 31.0 Å². The minimum absolute atomic E-state index is 0.0827. The molecule has 3 aromatic rings. The third-order valence-electron chi connectivity index (χ3n) is 6.20. The molecular formula is C21H19F6N5O2S. The average molecular weight is 519 g/mol. The standard InChI is InChI=1S/C21H19F6N5O2S/c22-12-4-3-11(20(26)27)19(25)18(12)16-7-13(23)17-8-28-21(30-32(16)17)29-15-5-6-31(9-14(15)24)35(33,34)10-1-2-10/h3-4,7-8,10,14-15,20H,1-2,5-6,9H2,(H,29,30)/t14-,15-/m1/s1. The van der Waals surface area contributed by atoms with Gasteiger partial charge in [0.25, 0.3) is 6.43 Å². The lowest BCUT2D eigenvalue weighted by Gasteiger charge is -2.34. The summed E-state index contributed by atoms with van der Waals surface area (Å²) in [6.45, 7) is -0.265. The van der Waals surface area contributed by atoms with Crippen molar-refractivity contribution in [3.8, 4) is 11.3 Å². The van der Waals surface area contributed by atoms with Crippen molar-refractivity contribution in [2.75, 3.05) is 18.4 Å². The molecule has 0 bridgehead atoms. The number of alkyl halides is 3. The summed E-state index contributed by atoms with van der Waals surface area (Å²) in [5.41, 5.74) is -2.71. The quantitative estimate of drug-likeness (QED) is 0.497. The lowest BCUT2D eigenvalue weighted by atomic mass is 10.1. The fourth-order valence-electron chi connectivity index (χ4n) is 4.18. The number of benzene rings is 1. The van der Waals surface area contributed by atoms with E-state index in [4.69, 9.17) is 0 Å². The summed E-state index contributed by atoms with van der Waals surface area (Å²) in [6, 6.07) is 1.11. The minimum atomic E-state index is -3.53. The van der Waals surface area contributed by atoms with Gasteiger partial charge in [-0.1, -0.05) is 0 Å². The topological polar surface area (TPSA) is 79.6 Å². The van der Waals surface area contributed by atoms with Gasteiger partial charge in [-0.15, -0.1) is 5.10 Å². The van der Waals surface area contributed by atoms with E-state index in [0.29, 0.717) is 25.0 Å². The highest BCUT2D eigenvalue weighted by atomic mass is 32.2. The third-order valence-corrected chi connectivity index (χ3v) is 8.57. The van der Waals surface area contributed by atoms with Crippen molar-refractivity contribution in [3.63, 3.8) is 0 Å². The molecule has 188 valence electrons. The number of hydrogen-bond donors (Lipinski definition) is 1. The minimum Gasteiger partial charge on any atom is -0.347 e. The van der Waals surface area contributed by atoms with Crippen molar-refractivity contribution in [2.45, 2.75) is 43.2 Å². The first-order valence-corrected chi connectivity index (χ1v) is 12.3. The Kier molecular flexibility index (Phi) is 5.90. The van der Waals surface area contributed by atoms with Gasteiger partial charge in [-0.05, 0) is 31.4 Å². The molecular weight excluding hydrogens is 500 g/mol. The number of halogens is 6. The first kappa shape index (κ1) is 23.9. The second kappa shape index (κ2) is 8.66. The van der Waals surface area contributed by atoms with Gasteiger partial charge in [-0.25, -0.2) is 44.3 Å². The van der Waals surface area contributed by atoms with Crippen molar-refractivity contribution in [3.05, 3.63) is 47.4 Å². The molecule has 0 unspecified atom stereocenters. The summed E-state index contributed by atoms with van der Waals surface area (Å²) in [4.78, 5) is 3.91. The van der Waals surface area contributed by atoms with E-state index < -0.39 is 68.2 Å². The van der Waals surface area contributed by atoms with Crippen LogP contribution in [0.15, 0.2) is 24.4 Å². The molecule has 1 aliphatic heterocycles. The maximum Gasteiger partial charge on any atom is 0.266 e. The Hall–Kier alpha value is -2.87. The molecule has 1 saturated heterocycles. The molecule has 5 rings (SSSR count). The van der Waals surface area contributed by atoms with Crippen molar-refractivity contribution in [1.82, 2.24) is 18.9 Å². The SMILES string of the molecule is O=S(=O)(C1CC1)N1CC[C@@H](Nc2ncc3c(F)cc(-c4c(F)ccc(C(F)F)c4F)n3n2)[C@H](F)C1. The van der Waals surface area contributed by atoms with Crippen LogP contribution in [0.5, 0.6) is 0 Å². The molecule has 0 spiro atoms. The van der Waals surface area contributed by atoms with Crippen molar-refractivity contribution in [1.29, 1.82) is 0 Å². The predicted octanol–water partition coefficient (Wildman–Crippen LogP) is 4.07. The molecule has 3 heterocycles. The van der Waals surface area contributed by atoms with Crippen LogP contribution in [0.2, 0.25) is 0 Å². The normalized spacial score (nSPS) is 21.7. The molecule has 35 heavy (non-hydrogen) atoms. The fraction of sp³-hybridized carbons (Fsp3) is 0.429. The zero-order valence-corrected chi connectivity index (χ0v) is 18.8. The van der Waals surface area contributed by atoms with E-state index in [2.05, 4.69) is 15.4 Å². The molecule has 1 aliphatic carbocycles. The highest BCUT2D eigenvalue weighted by molar-refractivity contribution is 7.90. The average Bonchev–Trinajstić information content (AvgIpc) is 3.61. The van der Waals surface area contributed by atoms with E-state index in [1.165, 1.54) is 0 Å².